The van der Waals surface area contributed by atoms with E-state index in [4.69, 9.17) is 11.6 Å². The van der Waals surface area contributed by atoms with Gasteiger partial charge < -0.3 is 0 Å². The number of hydrogen-bond donors (Lipinski definition) is 1. The van der Waals surface area contributed by atoms with Crippen LogP contribution in [0.2, 0.25) is 0 Å². The van der Waals surface area contributed by atoms with E-state index in [0.29, 0.717) is 5.13 Å². The molecule has 7 heteroatoms. The maximum Gasteiger partial charge on any atom is 0.241 e. The van der Waals surface area contributed by atoms with E-state index >= 15 is 0 Å². The summed E-state index contributed by atoms with van der Waals surface area (Å²) in [7, 11) is 0. The minimum Gasteiger partial charge on any atom is -0.300 e. The van der Waals surface area contributed by atoms with Gasteiger partial charge in [-0.2, -0.15) is 9.36 Å². The molecule has 16 heavy (non-hydrogen) atoms. The topological polar surface area (TPSA) is 54.9 Å². The summed E-state index contributed by atoms with van der Waals surface area (Å²) in [6, 6.07) is 0. The van der Waals surface area contributed by atoms with Gasteiger partial charge in [0.2, 0.25) is 16.2 Å². The van der Waals surface area contributed by atoms with E-state index in [0.717, 1.165) is 10.9 Å². The van der Waals surface area contributed by atoms with Crippen molar-refractivity contribution < 1.29 is 4.79 Å². The van der Waals surface area contributed by atoms with Crippen molar-refractivity contribution in [1.29, 1.82) is 0 Å². The highest BCUT2D eigenvalue weighted by molar-refractivity contribution is 7.99. The van der Waals surface area contributed by atoms with Gasteiger partial charge >= 0.3 is 0 Å². The van der Waals surface area contributed by atoms with E-state index in [1.807, 2.05) is 0 Å². The molecule has 4 nitrogen and oxygen atoms in total. The van der Waals surface area contributed by atoms with Gasteiger partial charge in [-0.15, -0.1) is 11.6 Å². The van der Waals surface area contributed by atoms with Crippen LogP contribution in [0.15, 0.2) is 5.16 Å². The van der Waals surface area contributed by atoms with Gasteiger partial charge in [0.15, 0.2) is 0 Å². The Morgan fingerprint density at radius 2 is 2.38 bits per heavy atom. The molecule has 1 N–H and O–H groups in total. The quantitative estimate of drug-likeness (QED) is 0.474. The number of alkyl halides is 1. The Kier molecular flexibility index (Phi) is 6.75. The summed E-state index contributed by atoms with van der Waals surface area (Å²) in [5.74, 6) is 0.715. The number of anilines is 1. The zero-order valence-corrected chi connectivity index (χ0v) is 11.4. The Labute approximate surface area is 108 Å². The summed E-state index contributed by atoms with van der Waals surface area (Å²) in [5.41, 5.74) is 0. The molecule has 0 atom stereocenters. The fraction of sp³-hybridized carbons (Fsp3) is 0.667. The van der Waals surface area contributed by atoms with Gasteiger partial charge in [-0.25, -0.2) is 0 Å². The molecule has 1 aromatic rings. The molecular weight excluding hydrogens is 266 g/mol. The molecule has 0 unspecified atom stereocenters. The van der Waals surface area contributed by atoms with Gasteiger partial charge in [-0.05, 0) is 6.42 Å². The average molecular weight is 280 g/mol. The predicted molar refractivity (Wildman–Crippen MR) is 69.5 cm³/mol. The molecule has 1 rings (SSSR count). The second-order valence-corrected chi connectivity index (χ2v) is 5.20. The molecule has 0 aliphatic rings. The number of carbonyl (C=O) groups is 1. The fourth-order valence-corrected chi connectivity index (χ4v) is 2.61. The molecule has 0 saturated carbocycles. The minimum absolute atomic E-state index is 0.0570. The number of rotatable bonds is 7. The minimum atomic E-state index is -0.250. The highest BCUT2D eigenvalue weighted by Crippen LogP contribution is 2.21. The number of nitrogens with zero attached hydrogens (tertiary/aromatic N) is 2. The van der Waals surface area contributed by atoms with Crippen LogP contribution >= 0.6 is 34.9 Å². The molecule has 0 aliphatic carbocycles. The number of halogens is 1. The lowest BCUT2D eigenvalue weighted by molar-refractivity contribution is -0.113. The van der Waals surface area contributed by atoms with E-state index in [1.54, 1.807) is 11.8 Å². The Balaban J connectivity index is 2.30. The van der Waals surface area contributed by atoms with Gasteiger partial charge in [-0.1, -0.05) is 31.5 Å². The van der Waals surface area contributed by atoms with Gasteiger partial charge in [-0.3, -0.25) is 10.1 Å². The van der Waals surface area contributed by atoms with Crippen molar-refractivity contribution in [3.05, 3.63) is 0 Å². The molecule has 0 saturated heterocycles. The third-order valence-corrected chi connectivity index (χ3v) is 3.68. The highest BCUT2D eigenvalue weighted by Gasteiger charge is 2.06. The van der Waals surface area contributed by atoms with E-state index in [2.05, 4.69) is 21.6 Å². The lowest BCUT2D eigenvalue weighted by Crippen LogP contribution is -2.12. The first-order valence-corrected chi connectivity index (χ1v) is 7.38. The Morgan fingerprint density at radius 3 is 3.06 bits per heavy atom. The second kappa shape index (κ2) is 7.86. The maximum atomic E-state index is 11.0. The molecule has 90 valence electrons. The van der Waals surface area contributed by atoms with Crippen molar-refractivity contribution in [2.24, 2.45) is 0 Å². The zero-order valence-electron chi connectivity index (χ0n) is 9.03. The smallest absolute Gasteiger partial charge is 0.241 e. The Hall–Kier alpha value is -0.330. The number of unbranched alkanes of at least 4 members (excludes halogenated alkanes) is 2. The monoisotopic (exact) mass is 279 g/mol. The summed E-state index contributed by atoms with van der Waals surface area (Å²) < 4.78 is 4.14. The summed E-state index contributed by atoms with van der Waals surface area (Å²) in [4.78, 5) is 15.2. The van der Waals surface area contributed by atoms with E-state index < -0.39 is 0 Å². The van der Waals surface area contributed by atoms with Crippen molar-refractivity contribution >= 4 is 45.9 Å². The number of thioether (sulfide) groups is 1. The highest BCUT2D eigenvalue weighted by atomic mass is 35.5. The summed E-state index contributed by atoms with van der Waals surface area (Å²) in [6.45, 7) is 2.17. The van der Waals surface area contributed by atoms with Crippen molar-refractivity contribution in [3.8, 4) is 0 Å². The average Bonchev–Trinajstić information content (AvgIpc) is 2.72. The molecular formula is C9H14ClN3OS2. The van der Waals surface area contributed by atoms with Crippen molar-refractivity contribution in [2.75, 3.05) is 16.9 Å². The SMILES string of the molecule is CCCCCSc1nsc(NC(=O)CCl)n1. The second-order valence-electron chi connectivity index (χ2n) is 3.12. The summed E-state index contributed by atoms with van der Waals surface area (Å²) in [5, 5.41) is 3.82. The van der Waals surface area contributed by atoms with Crippen molar-refractivity contribution in [3.63, 3.8) is 0 Å². The van der Waals surface area contributed by atoms with Crippen LogP contribution in [0.1, 0.15) is 26.2 Å². The van der Waals surface area contributed by atoms with Crippen LogP contribution < -0.4 is 5.32 Å². The van der Waals surface area contributed by atoms with Crippen LogP contribution in [-0.4, -0.2) is 26.9 Å². The van der Waals surface area contributed by atoms with Crippen LogP contribution in [0.5, 0.6) is 0 Å². The molecule has 1 aromatic heterocycles. The van der Waals surface area contributed by atoms with Gasteiger partial charge in [0, 0.05) is 17.3 Å². The lowest BCUT2D eigenvalue weighted by atomic mass is 10.3. The van der Waals surface area contributed by atoms with Crippen molar-refractivity contribution in [1.82, 2.24) is 9.36 Å². The Bertz CT molecular complexity index is 332. The molecule has 1 amide bonds. The van der Waals surface area contributed by atoms with E-state index in [1.165, 1.54) is 30.8 Å². The third kappa shape index (κ3) is 5.14. The molecule has 0 spiro atoms. The number of carbonyl (C=O) groups excluding carboxylic acids is 1. The summed E-state index contributed by atoms with van der Waals surface area (Å²) in [6.07, 6.45) is 3.61. The number of nitrogens with one attached hydrogen (secondary N) is 1. The zero-order chi connectivity index (χ0) is 11.8. The van der Waals surface area contributed by atoms with Gasteiger partial charge in [0.25, 0.3) is 0 Å². The standard InChI is InChI=1S/C9H14ClN3OS2/c1-2-3-4-5-15-9-12-8(16-13-9)11-7(14)6-10/h2-6H2,1H3,(H,11,12,13,14). The first kappa shape index (κ1) is 13.7. The normalized spacial score (nSPS) is 10.4. The number of aromatic nitrogens is 2. The molecule has 0 aliphatic heterocycles. The third-order valence-electron chi connectivity index (χ3n) is 1.75. The Morgan fingerprint density at radius 1 is 1.56 bits per heavy atom. The first-order chi connectivity index (χ1) is 7.76. The largest absolute Gasteiger partial charge is 0.300 e. The molecule has 0 aromatic carbocycles. The number of amides is 1. The van der Waals surface area contributed by atoms with Crippen LogP contribution in [0.25, 0.3) is 0 Å². The lowest BCUT2D eigenvalue weighted by Gasteiger charge is -1.95. The van der Waals surface area contributed by atoms with Crippen LogP contribution in [-0.2, 0) is 4.79 Å². The van der Waals surface area contributed by atoms with E-state index in [-0.39, 0.29) is 11.8 Å². The van der Waals surface area contributed by atoms with Crippen LogP contribution in [0.4, 0.5) is 5.13 Å². The summed E-state index contributed by atoms with van der Waals surface area (Å²) >= 11 is 8.17. The molecule has 0 bridgehead atoms. The fourth-order valence-electron chi connectivity index (χ4n) is 0.988. The first-order valence-electron chi connectivity index (χ1n) is 5.08. The van der Waals surface area contributed by atoms with Crippen LogP contribution in [0, 0.1) is 0 Å². The van der Waals surface area contributed by atoms with Gasteiger partial charge in [0.1, 0.15) is 5.88 Å². The predicted octanol–water partition coefficient (Wildman–Crippen LogP) is 3.00. The van der Waals surface area contributed by atoms with Gasteiger partial charge in [0.05, 0.1) is 0 Å². The molecule has 0 fully saturated rings. The van der Waals surface area contributed by atoms with Crippen LogP contribution in [0.3, 0.4) is 0 Å². The maximum absolute atomic E-state index is 11.0. The molecule has 1 heterocycles. The number of hydrogen-bond acceptors (Lipinski definition) is 5. The van der Waals surface area contributed by atoms with Crippen molar-refractivity contribution in [2.45, 2.75) is 31.3 Å². The molecule has 0 radical (unpaired) electrons. The van der Waals surface area contributed by atoms with E-state index in [9.17, 15) is 4.79 Å².